The molecule has 2 unspecified atom stereocenters. The minimum atomic E-state index is -0.169. The molecule has 2 aliphatic rings. The lowest BCUT2D eigenvalue weighted by Gasteiger charge is -2.41. The Morgan fingerprint density at radius 2 is 1.79 bits per heavy atom. The molecule has 1 aromatic heterocycles. The van der Waals surface area contributed by atoms with E-state index in [9.17, 15) is 9.59 Å². The average Bonchev–Trinajstić information content (AvgIpc) is 2.87. The fraction of sp³-hybridized carbons (Fsp3) is 0.444. The number of aromatic nitrogens is 2. The van der Waals surface area contributed by atoms with Crippen LogP contribution in [-0.4, -0.2) is 40.6 Å². The van der Waals surface area contributed by atoms with Crippen molar-refractivity contribution in [2.24, 2.45) is 11.8 Å². The van der Waals surface area contributed by atoms with Crippen molar-refractivity contribution < 1.29 is 9.53 Å². The van der Waals surface area contributed by atoms with Crippen molar-refractivity contribution in [2.75, 3.05) is 20.2 Å². The predicted octanol–water partition coefficient (Wildman–Crippen LogP) is 4.37. The zero-order chi connectivity index (χ0) is 22.8. The molecule has 5 rings (SSSR count). The maximum absolute atomic E-state index is 13.5. The Bertz CT molecular complexity index is 1200. The molecule has 1 amide bonds. The van der Waals surface area contributed by atoms with Gasteiger partial charge >= 0.3 is 0 Å². The van der Waals surface area contributed by atoms with Gasteiger partial charge in [0.25, 0.3) is 5.56 Å². The molecule has 1 saturated carbocycles. The molecule has 0 bridgehead atoms. The highest BCUT2D eigenvalue weighted by atomic mass is 16.5. The summed E-state index contributed by atoms with van der Waals surface area (Å²) in [5.41, 5.74) is 2.52. The zero-order valence-corrected chi connectivity index (χ0v) is 19.2. The number of hydrogen-bond acceptors (Lipinski definition) is 4. The fourth-order valence-electron chi connectivity index (χ4n) is 5.54. The second-order valence-corrected chi connectivity index (χ2v) is 9.32. The molecule has 0 radical (unpaired) electrons. The number of aryl methyl sites for hydroxylation is 1. The highest BCUT2D eigenvalue weighted by molar-refractivity contribution is 5.78. The van der Waals surface area contributed by atoms with E-state index < -0.39 is 0 Å². The van der Waals surface area contributed by atoms with Crippen LogP contribution in [0.4, 0.5) is 0 Å². The molecule has 6 heteroatoms. The first-order valence-corrected chi connectivity index (χ1v) is 12.1. The maximum Gasteiger partial charge on any atom is 0.277 e. The van der Waals surface area contributed by atoms with Gasteiger partial charge in [0.15, 0.2) is 0 Å². The number of fused-ring (bicyclic) bond motifs is 2. The summed E-state index contributed by atoms with van der Waals surface area (Å²) in [5, 5.41) is 0. The minimum Gasteiger partial charge on any atom is -0.497 e. The fourth-order valence-corrected chi connectivity index (χ4v) is 5.54. The van der Waals surface area contributed by atoms with Crippen LogP contribution in [-0.2, 0) is 11.2 Å². The minimum absolute atomic E-state index is 0.143. The molecule has 1 aliphatic heterocycles. The van der Waals surface area contributed by atoms with Crippen LogP contribution in [0.15, 0.2) is 53.3 Å². The van der Waals surface area contributed by atoms with Crippen molar-refractivity contribution in [3.63, 3.8) is 0 Å². The van der Waals surface area contributed by atoms with E-state index in [0.29, 0.717) is 24.5 Å². The van der Waals surface area contributed by atoms with Gasteiger partial charge in [0.05, 0.1) is 18.1 Å². The van der Waals surface area contributed by atoms with Crippen molar-refractivity contribution in [3.8, 4) is 11.4 Å². The van der Waals surface area contributed by atoms with Gasteiger partial charge in [0.2, 0.25) is 5.91 Å². The number of carbonyl (C=O) groups excluding carboxylic acids is 1. The Morgan fingerprint density at radius 1 is 1.03 bits per heavy atom. The SMILES string of the molecule is COc1ccc(-n2c(=O)c(CCC(=O)N3CCC4CCCCC4C3)nc3ccccc32)cc1. The second-order valence-electron chi connectivity index (χ2n) is 9.32. The molecule has 2 heterocycles. The summed E-state index contributed by atoms with van der Waals surface area (Å²) in [7, 11) is 1.62. The Morgan fingerprint density at radius 3 is 2.58 bits per heavy atom. The third kappa shape index (κ3) is 4.39. The molecule has 2 fully saturated rings. The van der Waals surface area contributed by atoms with E-state index in [1.165, 1.54) is 25.7 Å². The van der Waals surface area contributed by atoms with Crippen LogP contribution in [0, 0.1) is 11.8 Å². The lowest BCUT2D eigenvalue weighted by Crippen LogP contribution is -2.45. The Hall–Kier alpha value is -3.15. The smallest absolute Gasteiger partial charge is 0.277 e. The number of ether oxygens (including phenoxy) is 1. The van der Waals surface area contributed by atoms with Gasteiger partial charge in [0, 0.05) is 31.6 Å². The highest BCUT2D eigenvalue weighted by Gasteiger charge is 2.32. The van der Waals surface area contributed by atoms with Gasteiger partial charge in [-0.3, -0.25) is 14.2 Å². The number of methoxy groups -OCH3 is 1. The Balaban J connectivity index is 1.38. The van der Waals surface area contributed by atoms with Crippen molar-refractivity contribution in [2.45, 2.75) is 44.9 Å². The standard InChI is InChI=1S/C27H31N3O3/c1-33-22-12-10-21(11-13-22)30-25-9-5-4-8-23(25)28-24(27(30)32)14-15-26(31)29-17-16-19-6-2-3-7-20(19)18-29/h4-5,8-13,19-20H,2-3,6-7,14-18H2,1H3. The monoisotopic (exact) mass is 445 g/mol. The average molecular weight is 446 g/mol. The first kappa shape index (κ1) is 21.7. The molecular formula is C27H31N3O3. The number of piperidine rings is 1. The van der Waals surface area contributed by atoms with Crippen LogP contribution in [0.2, 0.25) is 0 Å². The van der Waals surface area contributed by atoms with Crippen LogP contribution in [0.25, 0.3) is 16.7 Å². The van der Waals surface area contributed by atoms with Crippen LogP contribution < -0.4 is 10.3 Å². The van der Waals surface area contributed by atoms with E-state index >= 15 is 0 Å². The lowest BCUT2D eigenvalue weighted by molar-refractivity contribution is -0.134. The van der Waals surface area contributed by atoms with Crippen LogP contribution in [0.5, 0.6) is 5.75 Å². The first-order valence-electron chi connectivity index (χ1n) is 12.1. The summed E-state index contributed by atoms with van der Waals surface area (Å²) in [5.74, 6) is 2.33. The number of benzene rings is 2. The summed E-state index contributed by atoms with van der Waals surface area (Å²) in [6.07, 6.45) is 6.98. The van der Waals surface area contributed by atoms with E-state index in [4.69, 9.17) is 4.74 Å². The topological polar surface area (TPSA) is 64.4 Å². The molecule has 33 heavy (non-hydrogen) atoms. The molecular weight excluding hydrogens is 414 g/mol. The third-order valence-corrected chi connectivity index (χ3v) is 7.38. The number of hydrogen-bond donors (Lipinski definition) is 0. The van der Waals surface area contributed by atoms with Crippen LogP contribution in [0.3, 0.4) is 0 Å². The van der Waals surface area contributed by atoms with Gasteiger partial charge in [-0.1, -0.05) is 31.4 Å². The summed E-state index contributed by atoms with van der Waals surface area (Å²) in [4.78, 5) is 33.2. The number of para-hydroxylation sites is 2. The summed E-state index contributed by atoms with van der Waals surface area (Å²) >= 11 is 0. The van der Waals surface area contributed by atoms with E-state index in [1.54, 1.807) is 11.7 Å². The number of nitrogens with zero attached hydrogens (tertiary/aromatic N) is 3. The van der Waals surface area contributed by atoms with Crippen molar-refractivity contribution >= 4 is 16.9 Å². The highest BCUT2D eigenvalue weighted by Crippen LogP contribution is 2.36. The molecule has 1 aliphatic carbocycles. The van der Waals surface area contributed by atoms with Gasteiger partial charge in [-0.2, -0.15) is 0 Å². The van der Waals surface area contributed by atoms with Crippen molar-refractivity contribution in [1.82, 2.24) is 14.5 Å². The number of amides is 1. The second kappa shape index (κ2) is 9.38. The predicted molar refractivity (Wildman–Crippen MR) is 129 cm³/mol. The van der Waals surface area contributed by atoms with Gasteiger partial charge < -0.3 is 9.64 Å². The normalized spacial score (nSPS) is 20.5. The molecule has 2 atom stereocenters. The number of carbonyl (C=O) groups is 1. The zero-order valence-electron chi connectivity index (χ0n) is 19.2. The lowest BCUT2D eigenvalue weighted by atomic mass is 9.75. The summed E-state index contributed by atoms with van der Waals surface area (Å²) < 4.78 is 6.95. The maximum atomic E-state index is 13.5. The van der Waals surface area contributed by atoms with Gasteiger partial charge in [-0.15, -0.1) is 0 Å². The van der Waals surface area contributed by atoms with E-state index in [2.05, 4.69) is 4.98 Å². The van der Waals surface area contributed by atoms with Crippen LogP contribution >= 0.6 is 0 Å². The quantitative estimate of drug-likeness (QED) is 0.585. The van der Waals surface area contributed by atoms with Gasteiger partial charge in [0.1, 0.15) is 11.4 Å². The van der Waals surface area contributed by atoms with E-state index in [0.717, 1.165) is 47.9 Å². The largest absolute Gasteiger partial charge is 0.497 e. The van der Waals surface area contributed by atoms with Crippen molar-refractivity contribution in [3.05, 3.63) is 64.6 Å². The summed E-state index contributed by atoms with van der Waals surface area (Å²) in [6, 6.07) is 15.1. The third-order valence-electron chi connectivity index (χ3n) is 7.38. The molecule has 3 aromatic rings. The molecule has 0 N–H and O–H groups in total. The van der Waals surface area contributed by atoms with Gasteiger partial charge in [-0.25, -0.2) is 4.98 Å². The molecule has 6 nitrogen and oxygen atoms in total. The molecule has 0 spiro atoms. The number of likely N-dealkylation sites (tertiary alicyclic amines) is 1. The first-order chi connectivity index (χ1) is 16.1. The Labute approximate surface area is 194 Å². The van der Waals surface area contributed by atoms with E-state index in [1.807, 2.05) is 53.4 Å². The molecule has 1 saturated heterocycles. The van der Waals surface area contributed by atoms with Crippen LogP contribution in [0.1, 0.15) is 44.2 Å². The van der Waals surface area contributed by atoms with E-state index in [-0.39, 0.29) is 11.5 Å². The molecule has 2 aromatic carbocycles. The van der Waals surface area contributed by atoms with Gasteiger partial charge in [-0.05, 0) is 61.1 Å². The summed E-state index contributed by atoms with van der Waals surface area (Å²) in [6.45, 7) is 1.73. The Kier molecular flexibility index (Phi) is 6.16. The van der Waals surface area contributed by atoms with Crippen molar-refractivity contribution in [1.29, 1.82) is 0 Å². The molecule has 172 valence electrons. The number of rotatable bonds is 5.